The molecule has 32 heavy (non-hydrogen) atoms. The first kappa shape index (κ1) is 25.7. The van der Waals surface area contributed by atoms with Crippen LogP contribution >= 0.6 is 24.0 Å². The molecule has 0 radical (unpaired) electrons. The molecule has 2 aromatic rings. The van der Waals surface area contributed by atoms with Gasteiger partial charge in [-0.15, -0.1) is 24.0 Å². The van der Waals surface area contributed by atoms with E-state index in [1.807, 2.05) is 43.0 Å². The summed E-state index contributed by atoms with van der Waals surface area (Å²) >= 11 is 0. The highest BCUT2D eigenvalue weighted by molar-refractivity contribution is 14.0. The summed E-state index contributed by atoms with van der Waals surface area (Å²) in [7, 11) is 0. The van der Waals surface area contributed by atoms with E-state index in [9.17, 15) is 9.59 Å². The number of hydrogen-bond donors (Lipinski definition) is 2. The summed E-state index contributed by atoms with van der Waals surface area (Å²) in [5, 5.41) is 6.24. The van der Waals surface area contributed by atoms with Gasteiger partial charge < -0.3 is 24.9 Å². The third kappa shape index (κ3) is 7.25. The fourth-order valence-corrected chi connectivity index (χ4v) is 3.41. The maximum Gasteiger partial charge on any atom is 0.289 e. The predicted molar refractivity (Wildman–Crippen MR) is 136 cm³/mol. The lowest BCUT2D eigenvalue weighted by atomic mass is 10.2. The van der Waals surface area contributed by atoms with Gasteiger partial charge in [-0.2, -0.15) is 0 Å². The molecule has 1 aliphatic heterocycles. The summed E-state index contributed by atoms with van der Waals surface area (Å²) in [5.74, 6) is 1.18. The van der Waals surface area contributed by atoms with Crippen LogP contribution in [0, 0.1) is 0 Å². The summed E-state index contributed by atoms with van der Waals surface area (Å²) in [6.07, 6.45) is 2.88. The van der Waals surface area contributed by atoms with Crippen LogP contribution in [0.5, 0.6) is 0 Å². The molecule has 174 valence electrons. The van der Waals surface area contributed by atoms with E-state index in [4.69, 9.17) is 9.41 Å². The quantitative estimate of drug-likeness (QED) is 0.311. The van der Waals surface area contributed by atoms with E-state index in [2.05, 4.69) is 15.5 Å². The highest BCUT2D eigenvalue weighted by atomic mass is 127. The molecule has 1 saturated heterocycles. The maximum absolute atomic E-state index is 12.4. The van der Waals surface area contributed by atoms with Gasteiger partial charge in [0.25, 0.3) is 5.91 Å². The van der Waals surface area contributed by atoms with Crippen molar-refractivity contribution < 1.29 is 14.0 Å². The fourth-order valence-electron chi connectivity index (χ4n) is 3.41. The second-order valence-electron chi connectivity index (χ2n) is 7.42. The van der Waals surface area contributed by atoms with Crippen molar-refractivity contribution in [1.82, 2.24) is 15.1 Å². The van der Waals surface area contributed by atoms with Crippen LogP contribution in [-0.4, -0.2) is 60.3 Å². The zero-order chi connectivity index (χ0) is 22.1. The smallest absolute Gasteiger partial charge is 0.289 e. The van der Waals surface area contributed by atoms with Gasteiger partial charge in [0.2, 0.25) is 5.91 Å². The van der Waals surface area contributed by atoms with Gasteiger partial charge in [0, 0.05) is 44.8 Å². The lowest BCUT2D eigenvalue weighted by Gasteiger charge is -2.36. The summed E-state index contributed by atoms with van der Waals surface area (Å²) < 4.78 is 5.23. The predicted octanol–water partition coefficient (Wildman–Crippen LogP) is 3.56. The van der Waals surface area contributed by atoms with E-state index in [0.717, 1.165) is 30.2 Å². The van der Waals surface area contributed by atoms with Crippen molar-refractivity contribution in [2.45, 2.75) is 33.2 Å². The van der Waals surface area contributed by atoms with Gasteiger partial charge >= 0.3 is 0 Å². The molecule has 2 N–H and O–H groups in total. The van der Waals surface area contributed by atoms with Crippen molar-refractivity contribution >= 4 is 47.4 Å². The van der Waals surface area contributed by atoms with Gasteiger partial charge in [-0.05, 0) is 43.2 Å². The molecule has 0 bridgehead atoms. The van der Waals surface area contributed by atoms with Gasteiger partial charge in [0.05, 0.1) is 12.8 Å². The molecule has 1 aromatic heterocycles. The number of benzene rings is 1. The minimum Gasteiger partial charge on any atom is -0.459 e. The number of carbonyl (C=O) groups is 2. The molecule has 1 aromatic carbocycles. The molecule has 9 heteroatoms. The maximum atomic E-state index is 12.4. The van der Waals surface area contributed by atoms with Crippen LogP contribution < -0.4 is 10.6 Å². The Balaban J connectivity index is 0.00000363. The third-order valence-corrected chi connectivity index (χ3v) is 5.06. The molecular weight excluding hydrogens is 521 g/mol. The first-order valence-corrected chi connectivity index (χ1v) is 10.9. The Morgan fingerprint density at radius 3 is 2.31 bits per heavy atom. The number of rotatable bonds is 7. The minimum absolute atomic E-state index is 0. The number of nitrogens with zero attached hydrogens (tertiary/aromatic N) is 3. The number of aliphatic imine (C=N–C) groups is 1. The van der Waals surface area contributed by atoms with Gasteiger partial charge in [0.1, 0.15) is 0 Å². The number of piperazine rings is 1. The van der Waals surface area contributed by atoms with Crippen molar-refractivity contribution in [2.75, 3.05) is 38.0 Å². The molecule has 1 fully saturated rings. The Kier molecular flexibility index (Phi) is 10.5. The fraction of sp³-hybridized carbons (Fsp3) is 0.435. The Morgan fingerprint density at radius 1 is 1.03 bits per heavy atom. The summed E-state index contributed by atoms with van der Waals surface area (Å²) in [5.41, 5.74) is 1.87. The number of hydrogen-bond acceptors (Lipinski definition) is 4. The summed E-state index contributed by atoms with van der Waals surface area (Å²) in [6.45, 7) is 8.00. The number of halogens is 1. The van der Waals surface area contributed by atoms with Gasteiger partial charge in [-0.3, -0.25) is 9.59 Å². The van der Waals surface area contributed by atoms with E-state index in [-0.39, 0.29) is 35.8 Å². The number of amides is 2. The largest absolute Gasteiger partial charge is 0.459 e. The minimum atomic E-state index is -0.0716. The van der Waals surface area contributed by atoms with Gasteiger partial charge in [-0.1, -0.05) is 19.1 Å². The first-order chi connectivity index (χ1) is 15.1. The van der Waals surface area contributed by atoms with Gasteiger partial charge in [0.15, 0.2) is 11.7 Å². The van der Waals surface area contributed by atoms with Crippen LogP contribution in [0.4, 0.5) is 5.69 Å². The van der Waals surface area contributed by atoms with E-state index >= 15 is 0 Å². The monoisotopic (exact) mass is 553 g/mol. The standard InChI is InChI=1S/C23H31N5O3.HI/c1-3-6-21(29)26-19-10-8-18(9-11-19)17-25-23(24-4-2)28-14-12-27(13-15-28)22(30)20-7-5-16-31-20;/h5,7-11,16H,3-4,6,12-15,17H2,1-2H3,(H,24,25)(H,26,29);1H. The molecule has 1 aliphatic rings. The highest BCUT2D eigenvalue weighted by Gasteiger charge is 2.25. The molecular formula is C23H32IN5O3. The van der Waals surface area contributed by atoms with Crippen LogP contribution in [0.1, 0.15) is 42.8 Å². The van der Waals surface area contributed by atoms with Crippen LogP contribution in [0.2, 0.25) is 0 Å². The van der Waals surface area contributed by atoms with E-state index in [1.54, 1.807) is 12.1 Å². The first-order valence-electron chi connectivity index (χ1n) is 10.9. The van der Waals surface area contributed by atoms with Gasteiger partial charge in [-0.25, -0.2) is 4.99 Å². The van der Waals surface area contributed by atoms with Crippen molar-refractivity contribution in [3.8, 4) is 0 Å². The molecule has 2 heterocycles. The average Bonchev–Trinajstić information content (AvgIpc) is 3.32. The Labute approximate surface area is 206 Å². The van der Waals surface area contributed by atoms with Crippen molar-refractivity contribution in [2.24, 2.45) is 4.99 Å². The molecule has 8 nitrogen and oxygen atoms in total. The number of anilines is 1. The van der Waals surface area contributed by atoms with E-state index in [0.29, 0.717) is 44.9 Å². The molecule has 0 atom stereocenters. The Bertz CT molecular complexity index is 876. The lowest BCUT2D eigenvalue weighted by molar-refractivity contribution is -0.116. The van der Waals surface area contributed by atoms with E-state index < -0.39 is 0 Å². The molecule has 0 spiro atoms. The average molecular weight is 553 g/mol. The van der Waals surface area contributed by atoms with Crippen LogP contribution in [-0.2, 0) is 11.3 Å². The van der Waals surface area contributed by atoms with Crippen LogP contribution in [0.15, 0.2) is 52.1 Å². The summed E-state index contributed by atoms with van der Waals surface area (Å²) in [6, 6.07) is 11.2. The molecule has 0 saturated carbocycles. The number of nitrogens with one attached hydrogen (secondary N) is 2. The Morgan fingerprint density at radius 2 is 1.72 bits per heavy atom. The number of furan rings is 1. The topological polar surface area (TPSA) is 90.2 Å². The molecule has 0 unspecified atom stereocenters. The van der Waals surface area contributed by atoms with Crippen LogP contribution in [0.3, 0.4) is 0 Å². The molecule has 3 rings (SSSR count). The normalized spacial score (nSPS) is 14.0. The van der Waals surface area contributed by atoms with Crippen LogP contribution in [0.25, 0.3) is 0 Å². The number of guanidine groups is 1. The lowest BCUT2D eigenvalue weighted by Crippen LogP contribution is -2.53. The third-order valence-electron chi connectivity index (χ3n) is 5.06. The molecule has 0 aliphatic carbocycles. The van der Waals surface area contributed by atoms with E-state index in [1.165, 1.54) is 6.26 Å². The zero-order valence-corrected chi connectivity index (χ0v) is 21.0. The Hall–Kier alpha value is -2.56. The van der Waals surface area contributed by atoms with Crippen molar-refractivity contribution in [3.05, 3.63) is 54.0 Å². The van der Waals surface area contributed by atoms with Crippen molar-refractivity contribution in [1.29, 1.82) is 0 Å². The van der Waals surface area contributed by atoms with Crippen molar-refractivity contribution in [3.63, 3.8) is 0 Å². The second-order valence-corrected chi connectivity index (χ2v) is 7.42. The number of carbonyl (C=O) groups excluding carboxylic acids is 2. The second kappa shape index (κ2) is 13.1. The molecule has 2 amide bonds. The zero-order valence-electron chi connectivity index (χ0n) is 18.7. The summed E-state index contributed by atoms with van der Waals surface area (Å²) in [4.78, 5) is 32.9. The SMILES string of the molecule is CCCC(=O)Nc1ccc(CN=C(NCC)N2CCN(C(=O)c3ccco3)CC2)cc1.I. The highest BCUT2D eigenvalue weighted by Crippen LogP contribution is 2.13.